The van der Waals surface area contributed by atoms with E-state index in [4.69, 9.17) is 11.1 Å². The normalized spacial score (nSPS) is 23.2. The zero-order valence-electron chi connectivity index (χ0n) is 7.08. The zero-order chi connectivity index (χ0) is 10.2. The highest BCUT2D eigenvalue weighted by Crippen LogP contribution is 2.38. The predicted octanol–water partition coefficient (Wildman–Crippen LogP) is 1.22. The van der Waals surface area contributed by atoms with E-state index in [1.54, 1.807) is 24.3 Å². The van der Waals surface area contributed by atoms with E-state index in [9.17, 15) is 5.21 Å². The molecule has 4 N–H and O–H groups in total. The predicted molar refractivity (Wildman–Crippen MR) is 47.5 cm³/mol. The summed E-state index contributed by atoms with van der Waals surface area (Å²) >= 11 is 0. The molecule has 1 heterocycles. The minimum absolute atomic E-state index is 0.322. The summed E-state index contributed by atoms with van der Waals surface area (Å²) in [4.78, 5) is 3.36. The number of hydrogen-bond acceptors (Lipinski definition) is 5. The minimum Gasteiger partial charge on any atom is -0.348 e. The summed E-state index contributed by atoms with van der Waals surface area (Å²) < 4.78 is 0. The molecule has 1 unspecified atom stereocenters. The highest BCUT2D eigenvalue weighted by molar-refractivity contribution is 5.70. The van der Waals surface area contributed by atoms with Crippen LogP contribution < -0.4 is 10.7 Å². The molecule has 0 aliphatic carbocycles. The van der Waals surface area contributed by atoms with Gasteiger partial charge in [-0.05, 0) is 6.07 Å². The van der Waals surface area contributed by atoms with Crippen molar-refractivity contribution < 1.29 is 10.0 Å². The molecule has 0 radical (unpaired) electrons. The topological polar surface area (TPSA) is 104 Å². The van der Waals surface area contributed by atoms with Crippen LogP contribution in [0.1, 0.15) is 0 Å². The summed E-state index contributed by atoms with van der Waals surface area (Å²) in [5.41, 5.74) is 5.80. The second-order valence-electron chi connectivity index (χ2n) is 2.68. The zero-order valence-corrected chi connectivity index (χ0v) is 7.08. The van der Waals surface area contributed by atoms with Crippen LogP contribution in [0.15, 0.2) is 34.6 Å². The Balaban J connectivity index is 2.42. The maximum Gasteiger partial charge on any atom is 0.352 e. The third-order valence-corrected chi connectivity index (χ3v) is 1.69. The number of hydrogen-bond donors (Lipinski definition) is 3. The van der Waals surface area contributed by atoms with Crippen LogP contribution in [0.4, 0.5) is 11.4 Å². The standard InChI is InChI=1S/C7H8N5O2/c8-7(9)14-12(13)6-4-2-1-3-5(6)10-11-12/h1-4,13H,(H3,8,9)/q+1. The van der Waals surface area contributed by atoms with Crippen LogP contribution in [0.2, 0.25) is 0 Å². The summed E-state index contributed by atoms with van der Waals surface area (Å²) in [6, 6.07) is 6.06. The van der Waals surface area contributed by atoms with Gasteiger partial charge in [0, 0.05) is 6.07 Å². The number of nitrogens with zero attached hydrogens (tertiary/aromatic N) is 3. The third kappa shape index (κ3) is 1.20. The lowest BCUT2D eigenvalue weighted by Gasteiger charge is -2.13. The molecule has 0 spiro atoms. The van der Waals surface area contributed by atoms with Crippen LogP contribution >= 0.6 is 0 Å². The molecule has 72 valence electrons. The second-order valence-corrected chi connectivity index (χ2v) is 2.68. The minimum atomic E-state index is -1.26. The van der Waals surface area contributed by atoms with Crippen molar-refractivity contribution in [1.82, 2.24) is 4.92 Å². The molecule has 1 aliphatic rings. The monoisotopic (exact) mass is 194 g/mol. The van der Waals surface area contributed by atoms with E-state index >= 15 is 0 Å². The van der Waals surface area contributed by atoms with Gasteiger partial charge in [0.2, 0.25) is 0 Å². The fourth-order valence-electron chi connectivity index (χ4n) is 1.16. The first-order valence-corrected chi connectivity index (χ1v) is 3.80. The van der Waals surface area contributed by atoms with Crippen LogP contribution in [0.25, 0.3) is 0 Å². The van der Waals surface area contributed by atoms with Crippen LogP contribution in [0.3, 0.4) is 0 Å². The Kier molecular flexibility index (Phi) is 1.69. The molecule has 0 saturated heterocycles. The number of nitrogens with one attached hydrogen (secondary N) is 1. The van der Waals surface area contributed by atoms with Crippen molar-refractivity contribution in [2.45, 2.75) is 0 Å². The van der Waals surface area contributed by atoms with Gasteiger partial charge < -0.3 is 5.73 Å². The van der Waals surface area contributed by atoms with Gasteiger partial charge >= 0.3 is 6.02 Å². The van der Waals surface area contributed by atoms with Crippen molar-refractivity contribution >= 4 is 17.4 Å². The van der Waals surface area contributed by atoms with Gasteiger partial charge in [-0.1, -0.05) is 17.2 Å². The smallest absolute Gasteiger partial charge is 0.348 e. The first-order chi connectivity index (χ1) is 6.62. The molecule has 2 rings (SSSR count). The van der Waals surface area contributed by atoms with Gasteiger partial charge in [-0.3, -0.25) is 0 Å². The van der Waals surface area contributed by atoms with E-state index in [2.05, 4.69) is 15.2 Å². The Hall–Kier alpha value is -1.99. The lowest BCUT2D eigenvalue weighted by Crippen LogP contribution is -2.42. The Morgan fingerprint density at radius 2 is 2.21 bits per heavy atom. The Labute approximate surface area is 79.0 Å². The molecule has 1 aromatic rings. The number of fused-ring (bicyclic) bond motifs is 1. The van der Waals surface area contributed by atoms with E-state index in [1.807, 2.05) is 0 Å². The number of quaternary nitrogens is 1. The van der Waals surface area contributed by atoms with Gasteiger partial charge in [-0.15, -0.1) is 5.21 Å². The molecule has 1 aliphatic heterocycles. The van der Waals surface area contributed by atoms with Crippen LogP contribution in [0.5, 0.6) is 0 Å². The first-order valence-electron chi connectivity index (χ1n) is 3.80. The summed E-state index contributed by atoms with van der Waals surface area (Å²) in [5, 5.41) is 23.8. The first kappa shape index (κ1) is 8.60. The average Bonchev–Trinajstić information content (AvgIpc) is 2.44. The quantitative estimate of drug-likeness (QED) is 0.355. The lowest BCUT2D eigenvalue weighted by molar-refractivity contribution is -0.279. The van der Waals surface area contributed by atoms with Crippen LogP contribution in [-0.2, 0) is 4.84 Å². The number of nitrogens with two attached hydrogens (primary N) is 1. The number of rotatable bonds is 1. The molecule has 7 nitrogen and oxygen atoms in total. The third-order valence-electron chi connectivity index (χ3n) is 1.69. The molecular weight excluding hydrogens is 186 g/mol. The summed E-state index contributed by atoms with van der Waals surface area (Å²) in [6.07, 6.45) is 0. The van der Waals surface area contributed by atoms with E-state index < -0.39 is 10.9 Å². The second kappa shape index (κ2) is 2.76. The van der Waals surface area contributed by atoms with E-state index in [-0.39, 0.29) is 0 Å². The van der Waals surface area contributed by atoms with Crippen molar-refractivity contribution in [3.05, 3.63) is 24.3 Å². The van der Waals surface area contributed by atoms with Gasteiger partial charge in [0.1, 0.15) is 5.22 Å². The highest BCUT2D eigenvalue weighted by Gasteiger charge is 2.42. The molecule has 0 fully saturated rings. The summed E-state index contributed by atoms with van der Waals surface area (Å²) in [6.45, 7) is 0. The molecule has 0 amide bonds. The van der Waals surface area contributed by atoms with Crippen molar-refractivity contribution in [1.29, 1.82) is 5.41 Å². The van der Waals surface area contributed by atoms with E-state index in [0.717, 1.165) is 0 Å². The molecule has 7 heteroatoms. The largest absolute Gasteiger partial charge is 0.352 e. The number of benzene rings is 1. The fourth-order valence-corrected chi connectivity index (χ4v) is 1.16. The fraction of sp³-hybridized carbons (Fsp3) is 0. The number of para-hydroxylation sites is 1. The van der Waals surface area contributed by atoms with Crippen LogP contribution in [0, 0.1) is 5.41 Å². The maximum atomic E-state index is 9.75. The van der Waals surface area contributed by atoms with Gasteiger partial charge in [0.15, 0.2) is 10.6 Å². The van der Waals surface area contributed by atoms with Gasteiger partial charge in [0.05, 0.1) is 0 Å². The average molecular weight is 194 g/mol. The molecule has 1 aromatic carbocycles. The Morgan fingerprint density at radius 1 is 1.50 bits per heavy atom. The highest BCUT2D eigenvalue weighted by atomic mass is 17.0. The van der Waals surface area contributed by atoms with Gasteiger partial charge in [-0.25, -0.2) is 10.2 Å². The Morgan fingerprint density at radius 3 is 2.93 bits per heavy atom. The van der Waals surface area contributed by atoms with Crippen LogP contribution in [-0.4, -0.2) is 11.2 Å². The van der Waals surface area contributed by atoms with E-state index in [1.165, 1.54) is 0 Å². The van der Waals surface area contributed by atoms with Gasteiger partial charge in [-0.2, -0.15) is 0 Å². The van der Waals surface area contributed by atoms with Crippen molar-refractivity contribution in [2.75, 3.05) is 0 Å². The summed E-state index contributed by atoms with van der Waals surface area (Å²) in [7, 11) is 0. The Bertz CT molecular complexity index is 418. The van der Waals surface area contributed by atoms with Crippen molar-refractivity contribution in [2.24, 2.45) is 16.1 Å². The number of amidine groups is 1. The molecule has 14 heavy (non-hydrogen) atoms. The molecule has 0 saturated carbocycles. The van der Waals surface area contributed by atoms with Crippen molar-refractivity contribution in [3.8, 4) is 0 Å². The lowest BCUT2D eigenvalue weighted by atomic mass is 10.3. The SMILES string of the molecule is N=C(N)O[N+]1(O)N=Nc2ccccc21. The molecule has 1 atom stereocenters. The molecular formula is C7H8N5O2+. The molecule has 0 aromatic heterocycles. The van der Waals surface area contributed by atoms with E-state index in [0.29, 0.717) is 11.4 Å². The van der Waals surface area contributed by atoms with Crippen molar-refractivity contribution in [3.63, 3.8) is 0 Å². The molecule has 0 bridgehead atoms. The summed E-state index contributed by atoms with van der Waals surface area (Å²) in [5.74, 6) is 0. The maximum absolute atomic E-state index is 9.75. The van der Waals surface area contributed by atoms with Gasteiger partial charge in [0.25, 0.3) is 5.69 Å².